The molecule has 0 bridgehead atoms. The molecule has 1 heterocycles. The second-order valence-corrected chi connectivity index (χ2v) is 3.64. The van der Waals surface area contributed by atoms with Crippen molar-refractivity contribution in [1.29, 1.82) is 0 Å². The van der Waals surface area contributed by atoms with Crippen molar-refractivity contribution in [3.63, 3.8) is 0 Å². The number of nitrogens with zero attached hydrogens (tertiary/aromatic N) is 1. The summed E-state index contributed by atoms with van der Waals surface area (Å²) in [6.07, 6.45) is -4.53. The number of alkyl halides is 3. The summed E-state index contributed by atoms with van der Waals surface area (Å²) in [6, 6.07) is 3.44. The molecule has 0 aliphatic carbocycles. The number of aliphatic imine (C=N–C) groups is 1. The molecule has 0 atom stereocenters. The van der Waals surface area contributed by atoms with Crippen LogP contribution < -0.4 is 16.6 Å². The molecular formula is C10H9F3N4O. The number of anilines is 1. The van der Waals surface area contributed by atoms with E-state index >= 15 is 0 Å². The van der Waals surface area contributed by atoms with Gasteiger partial charge in [-0.05, 0) is 18.2 Å². The summed E-state index contributed by atoms with van der Waals surface area (Å²) in [7, 11) is 0. The molecule has 1 aliphatic heterocycles. The Balaban J connectivity index is 2.39. The molecule has 8 heteroatoms. The number of carbonyl (C=O) groups is 1. The number of amides is 1. The Bertz CT molecular complexity index is 524. The lowest BCUT2D eigenvalue weighted by molar-refractivity contribution is -0.137. The van der Waals surface area contributed by atoms with Gasteiger partial charge in [-0.25, -0.2) is 0 Å². The molecule has 0 saturated heterocycles. The molecule has 18 heavy (non-hydrogen) atoms. The molecule has 0 aromatic heterocycles. The van der Waals surface area contributed by atoms with Crippen LogP contribution in [0, 0.1) is 0 Å². The number of benzene rings is 1. The maximum absolute atomic E-state index is 12.6. The Kier molecular flexibility index (Phi) is 2.85. The molecule has 2 rings (SSSR count). The summed E-state index contributed by atoms with van der Waals surface area (Å²) in [6.45, 7) is -0.131. The first-order chi connectivity index (χ1) is 8.38. The fourth-order valence-corrected chi connectivity index (χ4v) is 1.47. The summed E-state index contributed by atoms with van der Waals surface area (Å²) < 4.78 is 37.9. The van der Waals surface area contributed by atoms with Crippen molar-refractivity contribution in [2.45, 2.75) is 6.18 Å². The molecule has 1 aromatic carbocycles. The van der Waals surface area contributed by atoms with Crippen molar-refractivity contribution in [3.8, 4) is 0 Å². The summed E-state index contributed by atoms with van der Waals surface area (Å²) >= 11 is 0. The normalized spacial score (nSPS) is 15.7. The van der Waals surface area contributed by atoms with Gasteiger partial charge < -0.3 is 5.73 Å². The highest BCUT2D eigenvalue weighted by Crippen LogP contribution is 2.34. The van der Waals surface area contributed by atoms with E-state index < -0.39 is 11.7 Å². The Hall–Kier alpha value is -2.25. The van der Waals surface area contributed by atoms with Gasteiger partial charge in [0.2, 0.25) is 0 Å². The van der Waals surface area contributed by atoms with Crippen molar-refractivity contribution >= 4 is 17.4 Å². The van der Waals surface area contributed by atoms with E-state index in [9.17, 15) is 18.0 Å². The standard InChI is InChI=1S/C10H9F3N4O/c11-10(12,13)6-3-5(1-2-7(6)14)9-15-4-8(18)16-17-9/h1-3H,4,14H2,(H,15,17)(H,16,18). The van der Waals surface area contributed by atoms with Crippen molar-refractivity contribution < 1.29 is 18.0 Å². The zero-order valence-electron chi connectivity index (χ0n) is 9.01. The Labute approximate surface area is 99.8 Å². The number of amidine groups is 1. The third kappa shape index (κ3) is 2.36. The Morgan fingerprint density at radius 3 is 2.56 bits per heavy atom. The van der Waals surface area contributed by atoms with Gasteiger partial charge >= 0.3 is 6.18 Å². The van der Waals surface area contributed by atoms with Crippen molar-refractivity contribution in [3.05, 3.63) is 29.3 Å². The molecule has 4 N–H and O–H groups in total. The zero-order valence-corrected chi connectivity index (χ0v) is 9.01. The van der Waals surface area contributed by atoms with Crippen LogP contribution in [0.2, 0.25) is 0 Å². The molecule has 1 amide bonds. The maximum Gasteiger partial charge on any atom is 0.418 e. The molecular weight excluding hydrogens is 249 g/mol. The van der Waals surface area contributed by atoms with Crippen LogP contribution in [0.5, 0.6) is 0 Å². The lowest BCUT2D eigenvalue weighted by Gasteiger charge is -2.17. The molecule has 0 fully saturated rings. The van der Waals surface area contributed by atoms with Crippen LogP contribution in [-0.2, 0) is 11.0 Å². The second kappa shape index (κ2) is 4.21. The summed E-state index contributed by atoms with van der Waals surface area (Å²) in [5, 5.41) is 0. The predicted molar refractivity (Wildman–Crippen MR) is 58.5 cm³/mol. The van der Waals surface area contributed by atoms with Gasteiger partial charge in [0.25, 0.3) is 5.91 Å². The minimum atomic E-state index is -4.53. The van der Waals surface area contributed by atoms with E-state index in [1.165, 1.54) is 6.07 Å². The fraction of sp³-hybridized carbons (Fsp3) is 0.200. The van der Waals surface area contributed by atoms with Gasteiger partial charge in [0.15, 0.2) is 0 Å². The first-order valence-electron chi connectivity index (χ1n) is 4.94. The van der Waals surface area contributed by atoms with Crippen molar-refractivity contribution in [2.24, 2.45) is 4.99 Å². The van der Waals surface area contributed by atoms with Crippen LogP contribution in [0.25, 0.3) is 0 Å². The van der Waals surface area contributed by atoms with Crippen LogP contribution >= 0.6 is 0 Å². The highest BCUT2D eigenvalue weighted by atomic mass is 19.4. The van der Waals surface area contributed by atoms with Crippen LogP contribution in [0.15, 0.2) is 23.2 Å². The lowest BCUT2D eigenvalue weighted by atomic mass is 10.1. The van der Waals surface area contributed by atoms with E-state index in [4.69, 9.17) is 5.73 Å². The van der Waals surface area contributed by atoms with Crippen molar-refractivity contribution in [2.75, 3.05) is 12.3 Å². The predicted octanol–water partition coefficient (Wildman–Crippen LogP) is 0.669. The monoisotopic (exact) mass is 258 g/mol. The first kappa shape index (κ1) is 12.2. The average molecular weight is 258 g/mol. The van der Waals surface area contributed by atoms with Gasteiger partial charge in [-0.2, -0.15) is 13.2 Å². The maximum atomic E-state index is 12.6. The molecule has 96 valence electrons. The SMILES string of the molecule is Nc1ccc(C2=NCC(=O)NN2)cc1C(F)(F)F. The molecule has 1 aliphatic rings. The second-order valence-electron chi connectivity index (χ2n) is 3.64. The fourth-order valence-electron chi connectivity index (χ4n) is 1.47. The van der Waals surface area contributed by atoms with E-state index in [-0.39, 0.29) is 29.5 Å². The average Bonchev–Trinajstić information content (AvgIpc) is 2.29. The third-order valence-corrected chi connectivity index (χ3v) is 2.33. The van der Waals surface area contributed by atoms with Crippen LogP contribution in [-0.4, -0.2) is 18.3 Å². The molecule has 0 saturated carbocycles. The number of hydrazine groups is 1. The topological polar surface area (TPSA) is 79.5 Å². The summed E-state index contributed by atoms with van der Waals surface area (Å²) in [4.78, 5) is 14.7. The number of nitrogens with one attached hydrogen (secondary N) is 2. The number of nitrogen functional groups attached to an aromatic ring is 1. The van der Waals surface area contributed by atoms with E-state index in [0.29, 0.717) is 0 Å². The van der Waals surface area contributed by atoms with Crippen molar-refractivity contribution in [1.82, 2.24) is 10.9 Å². The Morgan fingerprint density at radius 1 is 1.28 bits per heavy atom. The summed E-state index contributed by atoms with van der Waals surface area (Å²) in [5.41, 5.74) is 8.89. The van der Waals surface area contributed by atoms with Gasteiger partial charge in [-0.3, -0.25) is 20.6 Å². The number of halogens is 3. The highest BCUT2D eigenvalue weighted by Gasteiger charge is 2.33. The lowest BCUT2D eigenvalue weighted by Crippen LogP contribution is -2.47. The first-order valence-corrected chi connectivity index (χ1v) is 4.94. The smallest absolute Gasteiger partial charge is 0.398 e. The minimum absolute atomic E-state index is 0.131. The minimum Gasteiger partial charge on any atom is -0.398 e. The number of carbonyl (C=O) groups excluding carboxylic acids is 1. The van der Waals surface area contributed by atoms with E-state index in [1.54, 1.807) is 0 Å². The molecule has 1 aromatic rings. The van der Waals surface area contributed by atoms with Gasteiger partial charge in [-0.1, -0.05) is 0 Å². The van der Waals surface area contributed by atoms with Crippen LogP contribution in [0.3, 0.4) is 0 Å². The van der Waals surface area contributed by atoms with Gasteiger partial charge in [-0.15, -0.1) is 0 Å². The van der Waals surface area contributed by atoms with E-state index in [0.717, 1.165) is 12.1 Å². The third-order valence-electron chi connectivity index (χ3n) is 2.33. The molecule has 0 unspecified atom stereocenters. The van der Waals surface area contributed by atoms with Gasteiger partial charge in [0.1, 0.15) is 12.4 Å². The Morgan fingerprint density at radius 2 is 2.00 bits per heavy atom. The van der Waals surface area contributed by atoms with Gasteiger partial charge in [0, 0.05) is 11.3 Å². The van der Waals surface area contributed by atoms with E-state index in [2.05, 4.69) is 15.8 Å². The molecule has 5 nitrogen and oxygen atoms in total. The van der Waals surface area contributed by atoms with Crippen LogP contribution in [0.1, 0.15) is 11.1 Å². The molecule has 0 spiro atoms. The molecule has 0 radical (unpaired) electrons. The van der Waals surface area contributed by atoms with E-state index in [1.807, 2.05) is 0 Å². The largest absolute Gasteiger partial charge is 0.418 e. The number of hydrogen-bond donors (Lipinski definition) is 3. The van der Waals surface area contributed by atoms with Gasteiger partial charge in [0.05, 0.1) is 5.56 Å². The zero-order chi connectivity index (χ0) is 13.3. The number of nitrogens with two attached hydrogens (primary N) is 1. The van der Waals surface area contributed by atoms with Crippen LogP contribution in [0.4, 0.5) is 18.9 Å². The number of hydrogen-bond acceptors (Lipinski definition) is 4. The number of rotatable bonds is 1. The quantitative estimate of drug-likeness (QED) is 0.648. The summed E-state index contributed by atoms with van der Waals surface area (Å²) in [5.74, 6) is -0.190. The highest BCUT2D eigenvalue weighted by molar-refractivity contribution is 6.02.